The predicted octanol–water partition coefficient (Wildman–Crippen LogP) is -1.96. The van der Waals surface area contributed by atoms with E-state index in [9.17, 15) is 87.9 Å². The average Bonchev–Trinajstić information content (AvgIpc) is 1.00. The summed E-state index contributed by atoms with van der Waals surface area (Å²) >= 11 is 0. The van der Waals surface area contributed by atoms with Crippen molar-refractivity contribution in [1.82, 2.24) is 63.1 Å². The topological polar surface area (TPSA) is 524 Å². The monoisotopic (exact) mass is 1440 g/mol. The Hall–Kier alpha value is -11.7. The number of benzene rings is 5. The third-order valence-corrected chi connectivity index (χ3v) is 16.6. The number of carbonyl (C=O) groups excluding carboxylic acids is 11. The van der Waals surface area contributed by atoms with Crippen LogP contribution in [0.25, 0.3) is 22.3 Å². The first-order valence-electron chi connectivity index (χ1n) is 33.2. The average molecular weight is 1440 g/mol. The Kier molecular flexibility index (Phi) is 30.8. The van der Waals surface area contributed by atoms with Gasteiger partial charge in [-0.1, -0.05) is 133 Å². The molecule has 20 N–H and O–H groups in total. The molecule has 32 nitrogen and oxygen atoms in total. The van der Waals surface area contributed by atoms with Gasteiger partial charge in [-0.05, 0) is 85.5 Å². The van der Waals surface area contributed by atoms with Gasteiger partial charge >= 0.3 is 11.9 Å². The van der Waals surface area contributed by atoms with E-state index < -0.39 is 182 Å². The van der Waals surface area contributed by atoms with Crippen LogP contribution in [0.1, 0.15) is 73.5 Å². The van der Waals surface area contributed by atoms with Gasteiger partial charge in [-0.3, -0.25) is 62.3 Å². The SMILES string of the molecule is Cc1ccc(-c2ccc(C[C@H](NC(=O)[C@H](Cc3ccc(-c4ccccc4C)cc3)NC(=O)[C@H](CC(=O)O)NC(=O)[C@H](CO)NC(=O)[C@@H](NC(=O)[C@H](Cc3ccccc3)NC(=O)[C@@H](NC(=O)CNC(=O)[C@H](CCC(=O)O)NC(=O)[C@H](C)NC(=O)[C@@H](N)Cc3c[nH]cn3)[C@@H](C)O)[C@@H](C)O)C(N)=O)cc2)cc1. The zero-order valence-corrected chi connectivity index (χ0v) is 57.7. The molecule has 0 aliphatic carbocycles. The van der Waals surface area contributed by atoms with Gasteiger partial charge in [-0.25, -0.2) is 4.98 Å². The molecular weight excluding hydrogens is 1350 g/mol. The number of rotatable bonds is 39. The highest BCUT2D eigenvalue weighted by molar-refractivity contribution is 6.00. The van der Waals surface area contributed by atoms with Crippen LogP contribution >= 0.6 is 0 Å². The van der Waals surface area contributed by atoms with Crippen LogP contribution in [-0.2, 0) is 88.0 Å². The van der Waals surface area contributed by atoms with E-state index in [1.54, 1.807) is 66.7 Å². The maximum atomic E-state index is 14.4. The minimum Gasteiger partial charge on any atom is -0.481 e. The summed E-state index contributed by atoms with van der Waals surface area (Å²) in [5.41, 5.74) is 19.4. The fourth-order valence-electron chi connectivity index (χ4n) is 10.7. The van der Waals surface area contributed by atoms with E-state index in [-0.39, 0.29) is 25.7 Å². The van der Waals surface area contributed by atoms with Crippen LogP contribution in [0, 0.1) is 13.8 Å². The van der Waals surface area contributed by atoms with E-state index in [0.717, 1.165) is 47.2 Å². The molecule has 0 aliphatic rings. The number of aliphatic carboxylic acids is 2. The number of nitrogens with zero attached hydrogens (tertiary/aromatic N) is 1. The Morgan fingerprint density at radius 3 is 1.48 bits per heavy atom. The highest BCUT2D eigenvalue weighted by atomic mass is 16.4. The summed E-state index contributed by atoms with van der Waals surface area (Å²) in [5, 5.41) is 75.0. The maximum Gasteiger partial charge on any atom is 0.305 e. The fraction of sp³-hybridized carbons (Fsp3) is 0.361. The zero-order chi connectivity index (χ0) is 76.3. The second-order valence-electron chi connectivity index (χ2n) is 25.0. The van der Waals surface area contributed by atoms with E-state index in [1.807, 2.05) is 74.5 Å². The lowest BCUT2D eigenvalue weighted by molar-refractivity contribution is -0.142. The van der Waals surface area contributed by atoms with Crippen molar-refractivity contribution in [2.75, 3.05) is 13.2 Å². The number of primary amides is 1. The van der Waals surface area contributed by atoms with Crippen LogP contribution in [0.3, 0.4) is 0 Å². The molecule has 5 aromatic carbocycles. The largest absolute Gasteiger partial charge is 0.481 e. The lowest BCUT2D eigenvalue weighted by Gasteiger charge is -2.28. The minimum atomic E-state index is -2.04. The molecule has 0 unspecified atom stereocenters. The molecule has 0 aliphatic heterocycles. The molecule has 0 bridgehead atoms. The summed E-state index contributed by atoms with van der Waals surface area (Å²) in [7, 11) is 0. The van der Waals surface area contributed by atoms with Crippen molar-refractivity contribution in [3.8, 4) is 22.3 Å². The van der Waals surface area contributed by atoms with Gasteiger partial charge in [0.1, 0.15) is 54.4 Å². The summed E-state index contributed by atoms with van der Waals surface area (Å²) in [6.07, 6.45) is -3.57. The van der Waals surface area contributed by atoms with Gasteiger partial charge in [0, 0.05) is 38.3 Å². The number of aliphatic hydroxyl groups is 3. The number of hydrogen-bond acceptors (Lipinski definition) is 18. The van der Waals surface area contributed by atoms with Gasteiger partial charge in [0.2, 0.25) is 65.0 Å². The van der Waals surface area contributed by atoms with Crippen molar-refractivity contribution in [2.24, 2.45) is 11.5 Å². The number of aryl methyl sites for hydroxylation is 2. The van der Waals surface area contributed by atoms with E-state index >= 15 is 0 Å². The molecular formula is C72H88N14O18. The molecule has 11 amide bonds. The molecule has 554 valence electrons. The molecule has 1 heterocycles. The van der Waals surface area contributed by atoms with Crippen molar-refractivity contribution in [2.45, 2.75) is 152 Å². The molecule has 0 saturated carbocycles. The number of aromatic amines is 1. The van der Waals surface area contributed by atoms with Crippen LogP contribution in [0.4, 0.5) is 0 Å². The van der Waals surface area contributed by atoms with Crippen molar-refractivity contribution in [3.05, 3.63) is 173 Å². The van der Waals surface area contributed by atoms with Gasteiger partial charge in [0.25, 0.3) is 0 Å². The smallest absolute Gasteiger partial charge is 0.305 e. The lowest BCUT2D eigenvalue weighted by atomic mass is 9.97. The van der Waals surface area contributed by atoms with Gasteiger partial charge < -0.3 is 95.2 Å². The van der Waals surface area contributed by atoms with Crippen molar-refractivity contribution >= 4 is 76.9 Å². The number of amides is 11. The van der Waals surface area contributed by atoms with Crippen molar-refractivity contribution in [1.29, 1.82) is 0 Å². The number of hydrogen-bond donors (Lipinski definition) is 18. The van der Waals surface area contributed by atoms with Gasteiger partial charge in [-0.15, -0.1) is 0 Å². The third-order valence-electron chi connectivity index (χ3n) is 16.6. The summed E-state index contributed by atoms with van der Waals surface area (Å²) in [6.45, 7) is 5.15. The number of carboxylic acids is 2. The van der Waals surface area contributed by atoms with Gasteiger partial charge in [-0.2, -0.15) is 0 Å². The number of H-pyrrole nitrogens is 1. The van der Waals surface area contributed by atoms with Crippen molar-refractivity contribution < 1.29 is 87.9 Å². The van der Waals surface area contributed by atoms with E-state index in [0.29, 0.717) is 22.4 Å². The van der Waals surface area contributed by atoms with Crippen LogP contribution in [-0.4, -0.2) is 198 Å². The maximum absolute atomic E-state index is 14.4. The molecule has 12 atom stereocenters. The number of aromatic nitrogens is 2. The summed E-state index contributed by atoms with van der Waals surface area (Å²) < 4.78 is 0. The summed E-state index contributed by atoms with van der Waals surface area (Å²) in [5.74, 6) is -15.0. The number of carbonyl (C=O) groups is 13. The number of carboxylic acid groups (broad SMARTS) is 2. The molecule has 0 radical (unpaired) electrons. The highest BCUT2D eigenvalue weighted by Crippen LogP contribution is 2.25. The first-order valence-corrected chi connectivity index (χ1v) is 33.2. The molecule has 6 rings (SSSR count). The molecule has 0 saturated heterocycles. The zero-order valence-electron chi connectivity index (χ0n) is 57.7. The predicted molar refractivity (Wildman–Crippen MR) is 376 cm³/mol. The van der Waals surface area contributed by atoms with Crippen LogP contribution in [0.5, 0.6) is 0 Å². The summed E-state index contributed by atoms with van der Waals surface area (Å²) in [4.78, 5) is 182. The van der Waals surface area contributed by atoms with Crippen LogP contribution < -0.4 is 64.6 Å². The molecule has 6 aromatic rings. The van der Waals surface area contributed by atoms with E-state index in [2.05, 4.69) is 63.1 Å². The number of imidazole rings is 1. The Balaban J connectivity index is 1.13. The van der Waals surface area contributed by atoms with E-state index in [1.165, 1.54) is 19.4 Å². The first kappa shape index (κ1) is 81.2. The number of aliphatic hydroxyl groups excluding tert-OH is 3. The van der Waals surface area contributed by atoms with Gasteiger partial charge in [0.05, 0.1) is 49.8 Å². The molecule has 104 heavy (non-hydrogen) atoms. The van der Waals surface area contributed by atoms with E-state index in [4.69, 9.17) is 11.5 Å². The molecule has 0 fully saturated rings. The highest BCUT2D eigenvalue weighted by Gasteiger charge is 2.37. The van der Waals surface area contributed by atoms with Crippen LogP contribution in [0.15, 0.2) is 140 Å². The number of nitrogens with one attached hydrogen (secondary N) is 11. The Morgan fingerprint density at radius 2 is 0.942 bits per heavy atom. The van der Waals surface area contributed by atoms with Gasteiger partial charge in [0.15, 0.2) is 0 Å². The Bertz CT molecular complexity index is 3970. The third kappa shape index (κ3) is 25.4. The normalized spacial score (nSPS) is 14.5. The number of nitrogens with two attached hydrogens (primary N) is 2. The second kappa shape index (κ2) is 39.5. The lowest BCUT2D eigenvalue weighted by Crippen LogP contribution is -2.63. The Labute approximate surface area is 598 Å². The molecule has 1 aromatic heterocycles. The van der Waals surface area contributed by atoms with Crippen LogP contribution in [0.2, 0.25) is 0 Å². The first-order chi connectivity index (χ1) is 49.4. The molecule has 0 spiro atoms. The second-order valence-corrected chi connectivity index (χ2v) is 25.0. The summed E-state index contributed by atoms with van der Waals surface area (Å²) in [6, 6.07) is 20.9. The molecule has 32 heteroatoms. The minimum absolute atomic E-state index is 0.0109. The quantitative estimate of drug-likeness (QED) is 0.0199. The fourth-order valence-corrected chi connectivity index (χ4v) is 10.7. The van der Waals surface area contributed by atoms with Crippen molar-refractivity contribution in [3.63, 3.8) is 0 Å². The standard InChI is InChI=1S/C72H88N14O18/c1-38-15-21-46(22-16-38)47-23-17-44(18-24-47)29-53(63(74)95)80-67(99)54(31-45-19-25-48(26-20-45)50-14-10-9-11-39(50)2)81-68(100)56(33-60(93)94)82-70(102)57(36-87)84-72(104)62(42(5)89)86-69(101)55(30-43-12-7-6-8-13-43)83-71(103)61(41(4)88)85-58(90)35-76-66(98)52(27-28-59(91)92)79-64(96)40(3)78-65(97)51(73)32-49-34-75-37-77-49/h6-26,34,37,40-42,51-57,61-62,87-89H,27-33,35-36,73H2,1-5H3,(H2,74,95)(H,75,77)(H,76,98)(H,78,97)(H,79,96)(H,80,99)(H,81,100)(H,82,102)(H,83,103)(H,84,104)(H,85,90)(H,86,101)(H,91,92)(H,93,94)/t40-,41+,42+,51-,52-,53-,54-,55-,56-,57-,61-,62-/m0/s1. The Morgan fingerprint density at radius 1 is 0.471 bits per heavy atom.